The Kier molecular flexibility index (Phi) is 4.05. The van der Waals surface area contributed by atoms with E-state index in [1.807, 2.05) is 0 Å². The van der Waals surface area contributed by atoms with Crippen molar-refractivity contribution in [2.24, 2.45) is 28.6 Å². The molecule has 4 rings (SSSR count). The van der Waals surface area contributed by atoms with Gasteiger partial charge in [-0.25, -0.2) is 0 Å². The number of carbonyl (C=O) groups excluding carboxylic acids is 2. The van der Waals surface area contributed by atoms with E-state index < -0.39 is 11.5 Å². The summed E-state index contributed by atoms with van der Waals surface area (Å²) in [7, 11) is 0. The standard InChI is InChI=1S/C21H27ClO3/c1-20-8-7-16-14(15(20)5-6-17(20)18(24)11-22)4-3-12-9-13(23)10-19(25)21(12,16)2/h7,9,14-15,17,19,25H,3-6,8,10-11H2,1-2H3/t14-,15-,17+,19?,20-,21-/m0/s1. The van der Waals surface area contributed by atoms with Gasteiger partial charge in [0.1, 0.15) is 0 Å². The van der Waals surface area contributed by atoms with Crippen molar-refractivity contribution in [3.8, 4) is 0 Å². The van der Waals surface area contributed by atoms with E-state index in [2.05, 4.69) is 19.9 Å². The van der Waals surface area contributed by atoms with E-state index in [1.165, 1.54) is 5.57 Å². The number of fused-ring (bicyclic) bond motifs is 5. The van der Waals surface area contributed by atoms with Gasteiger partial charge in [0.05, 0.1) is 12.0 Å². The average molecular weight is 363 g/mol. The molecule has 0 amide bonds. The number of rotatable bonds is 2. The van der Waals surface area contributed by atoms with E-state index in [-0.39, 0.29) is 35.2 Å². The SMILES string of the molecule is C[C@@]12C(=CC(=O)CC1O)CC[C@@H]1C2=CC[C@]2(C)[C@@H](C(=O)CCl)CC[C@@H]12. The summed E-state index contributed by atoms with van der Waals surface area (Å²) < 4.78 is 0. The Bertz CT molecular complexity index is 693. The molecule has 0 saturated heterocycles. The maximum absolute atomic E-state index is 12.4. The van der Waals surface area contributed by atoms with Crippen molar-refractivity contribution in [2.75, 3.05) is 5.88 Å². The van der Waals surface area contributed by atoms with Crippen LogP contribution in [0.15, 0.2) is 23.3 Å². The van der Waals surface area contributed by atoms with E-state index in [4.69, 9.17) is 11.6 Å². The maximum atomic E-state index is 12.4. The lowest BCUT2D eigenvalue weighted by atomic mass is 9.50. The molecule has 0 bridgehead atoms. The number of allylic oxidation sites excluding steroid dienone is 2. The van der Waals surface area contributed by atoms with Crippen LogP contribution in [0.5, 0.6) is 0 Å². The molecule has 6 atom stereocenters. The van der Waals surface area contributed by atoms with Gasteiger partial charge in [0.2, 0.25) is 0 Å². The fourth-order valence-corrected chi connectivity index (χ4v) is 6.71. The average Bonchev–Trinajstić information content (AvgIpc) is 2.93. The van der Waals surface area contributed by atoms with Gasteiger partial charge in [-0.2, -0.15) is 0 Å². The molecule has 2 saturated carbocycles. The summed E-state index contributed by atoms with van der Waals surface area (Å²) in [5, 5.41) is 10.8. The van der Waals surface area contributed by atoms with Crippen LogP contribution in [0, 0.1) is 28.6 Å². The molecule has 136 valence electrons. The summed E-state index contributed by atoms with van der Waals surface area (Å²) in [6.07, 6.45) is 8.46. The van der Waals surface area contributed by atoms with Gasteiger partial charge in [-0.15, -0.1) is 11.6 Å². The first-order valence-electron chi connectivity index (χ1n) is 9.53. The van der Waals surface area contributed by atoms with Gasteiger partial charge >= 0.3 is 0 Å². The monoisotopic (exact) mass is 362 g/mol. The quantitative estimate of drug-likeness (QED) is 0.600. The summed E-state index contributed by atoms with van der Waals surface area (Å²) in [6, 6.07) is 0. The lowest BCUT2D eigenvalue weighted by Crippen LogP contribution is -2.50. The van der Waals surface area contributed by atoms with Crippen molar-refractivity contribution in [3.63, 3.8) is 0 Å². The third-order valence-electron chi connectivity index (χ3n) is 7.96. The first kappa shape index (κ1) is 17.5. The van der Waals surface area contributed by atoms with Crippen molar-refractivity contribution in [3.05, 3.63) is 23.3 Å². The molecule has 1 N–H and O–H groups in total. The molecular weight excluding hydrogens is 336 g/mol. The third-order valence-corrected chi connectivity index (χ3v) is 8.23. The van der Waals surface area contributed by atoms with Crippen LogP contribution in [-0.2, 0) is 9.59 Å². The minimum Gasteiger partial charge on any atom is -0.391 e. The Morgan fingerprint density at radius 2 is 2.08 bits per heavy atom. The Morgan fingerprint density at radius 3 is 2.80 bits per heavy atom. The van der Waals surface area contributed by atoms with E-state index in [0.29, 0.717) is 11.8 Å². The van der Waals surface area contributed by atoms with Crippen molar-refractivity contribution in [1.82, 2.24) is 0 Å². The van der Waals surface area contributed by atoms with Crippen LogP contribution < -0.4 is 0 Å². The van der Waals surface area contributed by atoms with Crippen LogP contribution in [0.2, 0.25) is 0 Å². The topological polar surface area (TPSA) is 54.4 Å². The van der Waals surface area contributed by atoms with Crippen molar-refractivity contribution >= 4 is 23.2 Å². The van der Waals surface area contributed by atoms with Crippen LogP contribution in [-0.4, -0.2) is 28.7 Å². The second-order valence-corrected chi connectivity index (χ2v) is 9.18. The molecule has 0 aliphatic heterocycles. The van der Waals surface area contributed by atoms with Crippen LogP contribution in [0.25, 0.3) is 0 Å². The zero-order valence-corrected chi connectivity index (χ0v) is 15.8. The molecule has 4 aliphatic carbocycles. The third kappa shape index (κ3) is 2.28. The normalized spacial score (nSPS) is 45.8. The number of carbonyl (C=O) groups is 2. The van der Waals surface area contributed by atoms with Gasteiger partial charge in [0.25, 0.3) is 0 Å². The van der Waals surface area contributed by atoms with Crippen LogP contribution in [0.1, 0.15) is 52.4 Å². The Labute approximate surface area is 154 Å². The minimum absolute atomic E-state index is 0.00679. The predicted molar refractivity (Wildman–Crippen MR) is 97.3 cm³/mol. The Morgan fingerprint density at radius 1 is 1.32 bits per heavy atom. The summed E-state index contributed by atoms with van der Waals surface area (Å²) in [4.78, 5) is 24.3. The summed E-state index contributed by atoms with van der Waals surface area (Å²) in [5.41, 5.74) is 2.03. The van der Waals surface area contributed by atoms with E-state index in [0.717, 1.165) is 37.7 Å². The van der Waals surface area contributed by atoms with Crippen molar-refractivity contribution < 1.29 is 14.7 Å². The van der Waals surface area contributed by atoms with E-state index in [9.17, 15) is 14.7 Å². The number of hydrogen-bond donors (Lipinski definition) is 1. The number of aliphatic hydroxyl groups is 1. The fraction of sp³-hybridized carbons (Fsp3) is 0.714. The smallest absolute Gasteiger partial charge is 0.158 e. The summed E-state index contributed by atoms with van der Waals surface area (Å²) >= 11 is 5.87. The Balaban J connectivity index is 1.75. The van der Waals surface area contributed by atoms with Gasteiger partial charge in [0.15, 0.2) is 11.6 Å². The zero-order chi connectivity index (χ0) is 18.0. The number of aliphatic hydroxyl groups excluding tert-OH is 1. The van der Waals surface area contributed by atoms with Gasteiger partial charge < -0.3 is 5.11 Å². The van der Waals surface area contributed by atoms with E-state index in [1.54, 1.807) is 6.08 Å². The first-order chi connectivity index (χ1) is 11.8. The molecule has 3 nitrogen and oxygen atoms in total. The predicted octanol–water partition coefficient (Wildman–Crippen LogP) is 3.83. The molecule has 1 unspecified atom stereocenters. The number of ketones is 2. The molecule has 2 fully saturated rings. The van der Waals surface area contributed by atoms with Gasteiger partial charge in [-0.1, -0.05) is 24.1 Å². The first-order valence-corrected chi connectivity index (χ1v) is 10.1. The minimum atomic E-state index is -0.625. The summed E-state index contributed by atoms with van der Waals surface area (Å²) in [6.45, 7) is 4.38. The molecule has 0 aromatic carbocycles. The molecule has 0 heterocycles. The molecular formula is C21H27ClO3. The molecule has 0 aromatic rings. The van der Waals surface area contributed by atoms with Crippen LogP contribution in [0.3, 0.4) is 0 Å². The van der Waals surface area contributed by atoms with Crippen molar-refractivity contribution in [2.45, 2.75) is 58.5 Å². The molecule has 25 heavy (non-hydrogen) atoms. The second kappa shape index (κ2) is 5.79. The highest BCUT2D eigenvalue weighted by molar-refractivity contribution is 6.28. The van der Waals surface area contributed by atoms with Crippen LogP contribution in [0.4, 0.5) is 0 Å². The molecule has 0 spiro atoms. The number of halogens is 1. The fourth-order valence-electron chi connectivity index (χ4n) is 6.52. The van der Waals surface area contributed by atoms with Crippen molar-refractivity contribution in [1.29, 1.82) is 0 Å². The highest BCUT2D eigenvalue weighted by Crippen LogP contribution is 2.64. The van der Waals surface area contributed by atoms with Gasteiger partial charge in [-0.3, -0.25) is 9.59 Å². The maximum Gasteiger partial charge on any atom is 0.158 e. The number of hydrogen-bond acceptors (Lipinski definition) is 3. The van der Waals surface area contributed by atoms with Gasteiger partial charge in [0, 0.05) is 17.8 Å². The van der Waals surface area contributed by atoms with E-state index >= 15 is 0 Å². The zero-order valence-electron chi connectivity index (χ0n) is 15.1. The summed E-state index contributed by atoms with van der Waals surface area (Å²) in [5.74, 6) is 1.31. The number of alkyl halides is 1. The lowest BCUT2D eigenvalue weighted by molar-refractivity contribution is -0.125. The second-order valence-electron chi connectivity index (χ2n) is 8.91. The number of Topliss-reactive ketones (excluding diaryl/α,β-unsaturated/α-hetero) is 1. The lowest BCUT2D eigenvalue weighted by Gasteiger charge is -2.54. The Hall–Kier alpha value is -0.930. The highest BCUT2D eigenvalue weighted by Gasteiger charge is 2.58. The van der Waals surface area contributed by atoms with Crippen LogP contribution >= 0.6 is 11.6 Å². The van der Waals surface area contributed by atoms with Gasteiger partial charge in [-0.05, 0) is 62.4 Å². The highest BCUT2D eigenvalue weighted by atomic mass is 35.5. The largest absolute Gasteiger partial charge is 0.391 e. The molecule has 0 radical (unpaired) electrons. The molecule has 4 aliphatic rings. The molecule has 0 aromatic heterocycles. The molecule has 4 heteroatoms.